The first kappa shape index (κ1) is 18.5. The highest BCUT2D eigenvalue weighted by Gasteiger charge is 2.29. The molecule has 0 spiro atoms. The lowest BCUT2D eigenvalue weighted by molar-refractivity contribution is 0.0932. The van der Waals surface area contributed by atoms with Crippen LogP contribution in [0.1, 0.15) is 12.5 Å². The van der Waals surface area contributed by atoms with Gasteiger partial charge >= 0.3 is 6.09 Å². The van der Waals surface area contributed by atoms with Gasteiger partial charge in [-0.15, -0.1) is 0 Å². The Balaban J connectivity index is 1.91. The summed E-state index contributed by atoms with van der Waals surface area (Å²) in [7, 11) is -2.08. The van der Waals surface area contributed by atoms with E-state index in [4.69, 9.17) is 9.47 Å². The number of ether oxygens (including phenoxy) is 2. The molecule has 1 aliphatic rings. The summed E-state index contributed by atoms with van der Waals surface area (Å²) < 4.78 is 38.8. The maximum Gasteiger partial charge on any atom is 0.409 e. The summed E-state index contributed by atoms with van der Waals surface area (Å²) in [5.74, 6) is 0.632. The highest BCUT2D eigenvalue weighted by molar-refractivity contribution is 7.87. The molecule has 0 bridgehead atoms. The first-order valence-electron chi connectivity index (χ1n) is 7.76. The second-order valence-corrected chi connectivity index (χ2v) is 6.98. The topological polar surface area (TPSA) is 88.2 Å². The molecule has 134 valence electrons. The first-order chi connectivity index (χ1) is 11.5. The van der Waals surface area contributed by atoms with E-state index in [1.54, 1.807) is 26.2 Å². The van der Waals surface area contributed by atoms with Gasteiger partial charge in [-0.05, 0) is 13.0 Å². The van der Waals surface area contributed by atoms with Gasteiger partial charge in [0, 0.05) is 38.3 Å². The lowest BCUT2D eigenvalue weighted by Gasteiger charge is -2.33. The third-order valence-electron chi connectivity index (χ3n) is 3.74. The van der Waals surface area contributed by atoms with E-state index in [0.29, 0.717) is 25.4 Å². The van der Waals surface area contributed by atoms with Crippen LogP contribution in [-0.2, 0) is 21.5 Å². The fraction of sp³-hybridized carbons (Fsp3) is 0.533. The maximum atomic E-state index is 12.4. The SMILES string of the molecule is CCOC(=O)N1CCN(S(=O)(=O)NCc2ccccc2OC)CC1. The number of carbonyl (C=O) groups excluding carboxylic acids is 1. The van der Waals surface area contributed by atoms with Crippen molar-refractivity contribution >= 4 is 16.3 Å². The fourth-order valence-electron chi connectivity index (χ4n) is 2.44. The molecule has 2 rings (SSSR count). The summed E-state index contributed by atoms with van der Waals surface area (Å²) in [6.07, 6.45) is -0.406. The average molecular weight is 357 g/mol. The predicted octanol–water partition coefficient (Wildman–Crippen LogP) is 0.804. The van der Waals surface area contributed by atoms with Gasteiger partial charge in [0.05, 0.1) is 13.7 Å². The molecule has 0 aromatic heterocycles. The number of nitrogens with zero attached hydrogens (tertiary/aromatic N) is 2. The summed E-state index contributed by atoms with van der Waals surface area (Å²) in [5, 5.41) is 0. The highest BCUT2D eigenvalue weighted by atomic mass is 32.2. The lowest BCUT2D eigenvalue weighted by Crippen LogP contribution is -2.53. The van der Waals surface area contributed by atoms with Crippen LogP contribution in [0.25, 0.3) is 0 Å². The number of hydrogen-bond acceptors (Lipinski definition) is 5. The Hall–Kier alpha value is -1.84. The number of hydrogen-bond donors (Lipinski definition) is 1. The summed E-state index contributed by atoms with van der Waals surface area (Å²) in [4.78, 5) is 13.2. The second-order valence-electron chi connectivity index (χ2n) is 5.22. The van der Waals surface area contributed by atoms with Gasteiger partial charge in [0.15, 0.2) is 0 Å². The quantitative estimate of drug-likeness (QED) is 0.814. The molecule has 8 nitrogen and oxygen atoms in total. The molecule has 0 saturated carbocycles. The van der Waals surface area contributed by atoms with Crippen molar-refractivity contribution in [1.29, 1.82) is 0 Å². The third kappa shape index (κ3) is 4.59. The van der Waals surface area contributed by atoms with Gasteiger partial charge in [-0.3, -0.25) is 0 Å². The van der Waals surface area contributed by atoms with Gasteiger partial charge in [-0.25, -0.2) is 4.79 Å². The van der Waals surface area contributed by atoms with E-state index in [1.807, 2.05) is 12.1 Å². The van der Waals surface area contributed by atoms with Crippen molar-refractivity contribution in [2.75, 3.05) is 39.9 Å². The van der Waals surface area contributed by atoms with E-state index in [2.05, 4.69) is 4.72 Å². The van der Waals surface area contributed by atoms with Gasteiger partial charge in [0.1, 0.15) is 5.75 Å². The van der Waals surface area contributed by atoms with Crippen molar-refractivity contribution in [3.05, 3.63) is 29.8 Å². The molecule has 1 fully saturated rings. The van der Waals surface area contributed by atoms with E-state index < -0.39 is 16.3 Å². The van der Waals surface area contributed by atoms with E-state index in [9.17, 15) is 13.2 Å². The number of rotatable bonds is 6. The van der Waals surface area contributed by atoms with Crippen molar-refractivity contribution < 1.29 is 22.7 Å². The summed E-state index contributed by atoms with van der Waals surface area (Å²) >= 11 is 0. The van der Waals surface area contributed by atoms with Gasteiger partial charge in [-0.2, -0.15) is 17.4 Å². The normalized spacial score (nSPS) is 16.0. The Labute approximate surface area is 142 Å². The maximum absolute atomic E-state index is 12.4. The van der Waals surface area contributed by atoms with Crippen molar-refractivity contribution in [3.8, 4) is 5.75 Å². The Morgan fingerprint density at radius 3 is 2.50 bits per heavy atom. The number of carbonyl (C=O) groups is 1. The van der Waals surface area contributed by atoms with Crippen LogP contribution in [-0.4, -0.2) is 63.6 Å². The fourth-order valence-corrected chi connectivity index (χ4v) is 3.60. The summed E-state index contributed by atoms with van der Waals surface area (Å²) in [5.41, 5.74) is 0.758. The van der Waals surface area contributed by atoms with Crippen LogP contribution >= 0.6 is 0 Å². The van der Waals surface area contributed by atoms with E-state index in [-0.39, 0.29) is 19.6 Å². The monoisotopic (exact) mass is 357 g/mol. The van der Waals surface area contributed by atoms with Crippen molar-refractivity contribution in [1.82, 2.24) is 13.9 Å². The molecule has 0 unspecified atom stereocenters. The molecule has 9 heteroatoms. The molecule has 1 amide bonds. The van der Waals surface area contributed by atoms with Gasteiger partial charge < -0.3 is 14.4 Å². The molecule has 1 saturated heterocycles. The van der Waals surface area contributed by atoms with Crippen LogP contribution in [0, 0.1) is 0 Å². The molecule has 1 N–H and O–H groups in total. The Morgan fingerprint density at radius 2 is 1.88 bits per heavy atom. The van der Waals surface area contributed by atoms with Crippen LogP contribution in [0.2, 0.25) is 0 Å². The number of nitrogens with one attached hydrogen (secondary N) is 1. The molecule has 24 heavy (non-hydrogen) atoms. The minimum atomic E-state index is -3.62. The van der Waals surface area contributed by atoms with Crippen LogP contribution in [0.4, 0.5) is 4.79 Å². The van der Waals surface area contributed by atoms with Crippen LogP contribution in [0.15, 0.2) is 24.3 Å². The van der Waals surface area contributed by atoms with Gasteiger partial charge in [0.2, 0.25) is 0 Å². The van der Waals surface area contributed by atoms with Gasteiger partial charge in [0.25, 0.3) is 10.2 Å². The lowest BCUT2D eigenvalue weighted by atomic mass is 10.2. The molecule has 1 aliphatic heterocycles. The molecule has 0 atom stereocenters. The van der Waals surface area contributed by atoms with E-state index >= 15 is 0 Å². The zero-order chi connectivity index (χ0) is 17.6. The zero-order valence-corrected chi connectivity index (χ0v) is 14.7. The number of methoxy groups -OCH3 is 1. The summed E-state index contributed by atoms with van der Waals surface area (Å²) in [6.45, 7) is 3.28. The van der Waals surface area contributed by atoms with E-state index in [1.165, 1.54) is 9.21 Å². The molecule has 0 radical (unpaired) electrons. The number of benzene rings is 1. The standard InChI is InChI=1S/C15H23N3O5S/c1-3-23-15(19)17-8-10-18(11-9-17)24(20,21)16-12-13-6-4-5-7-14(13)22-2/h4-7,16H,3,8-12H2,1-2H3. The Kier molecular flexibility index (Phi) is 6.41. The van der Waals surface area contributed by atoms with E-state index in [0.717, 1.165) is 5.56 Å². The highest BCUT2D eigenvalue weighted by Crippen LogP contribution is 2.17. The second kappa shape index (κ2) is 8.32. The molecule has 1 aromatic carbocycles. The molecular weight excluding hydrogens is 334 g/mol. The number of piperazine rings is 1. The number of para-hydroxylation sites is 1. The third-order valence-corrected chi connectivity index (χ3v) is 5.30. The predicted molar refractivity (Wildman–Crippen MR) is 88.9 cm³/mol. The molecular formula is C15H23N3O5S. The number of amides is 1. The van der Waals surface area contributed by atoms with Crippen molar-refractivity contribution in [3.63, 3.8) is 0 Å². The minimum absolute atomic E-state index is 0.143. The van der Waals surface area contributed by atoms with Crippen LogP contribution < -0.4 is 9.46 Å². The first-order valence-corrected chi connectivity index (χ1v) is 9.20. The molecule has 1 aromatic rings. The Bertz CT molecular complexity index is 657. The smallest absolute Gasteiger partial charge is 0.409 e. The zero-order valence-electron chi connectivity index (χ0n) is 13.9. The molecule has 0 aliphatic carbocycles. The van der Waals surface area contributed by atoms with Crippen LogP contribution in [0.3, 0.4) is 0 Å². The largest absolute Gasteiger partial charge is 0.496 e. The average Bonchev–Trinajstić information content (AvgIpc) is 2.60. The van der Waals surface area contributed by atoms with Gasteiger partial charge in [-0.1, -0.05) is 18.2 Å². The minimum Gasteiger partial charge on any atom is -0.496 e. The van der Waals surface area contributed by atoms with Crippen molar-refractivity contribution in [2.24, 2.45) is 0 Å². The van der Waals surface area contributed by atoms with Crippen molar-refractivity contribution in [2.45, 2.75) is 13.5 Å². The van der Waals surface area contributed by atoms with Crippen LogP contribution in [0.5, 0.6) is 5.75 Å². The molecule has 1 heterocycles. The summed E-state index contributed by atoms with van der Waals surface area (Å²) in [6, 6.07) is 7.23. The Morgan fingerprint density at radius 1 is 1.21 bits per heavy atom.